The molecule has 0 unspecified atom stereocenters. The quantitative estimate of drug-likeness (QED) is 0.801. The molecule has 0 radical (unpaired) electrons. The second-order valence-corrected chi connectivity index (χ2v) is 8.47. The molecule has 1 aliphatic carbocycles. The highest BCUT2D eigenvalue weighted by atomic mass is 32.2. The van der Waals surface area contributed by atoms with Gasteiger partial charge < -0.3 is 11.1 Å². The van der Waals surface area contributed by atoms with Crippen LogP contribution in [0.4, 0.5) is 5.69 Å². The molecule has 0 saturated carbocycles. The zero-order valence-electron chi connectivity index (χ0n) is 14.3. The van der Waals surface area contributed by atoms with E-state index in [0.717, 1.165) is 23.8 Å². The van der Waals surface area contributed by atoms with Gasteiger partial charge in [0.2, 0.25) is 15.0 Å². The van der Waals surface area contributed by atoms with Gasteiger partial charge in [-0.15, -0.1) is 0 Å². The first-order valence-electron chi connectivity index (χ1n) is 7.89. The predicted octanol–water partition coefficient (Wildman–Crippen LogP) is 1.63. The average molecular weight is 360 g/mol. The summed E-state index contributed by atoms with van der Waals surface area (Å²) in [6.45, 7) is 4.14. The van der Waals surface area contributed by atoms with Crippen molar-refractivity contribution in [3.8, 4) is 0 Å². The van der Waals surface area contributed by atoms with Gasteiger partial charge in [-0.05, 0) is 30.4 Å². The molecule has 132 valence electrons. The van der Waals surface area contributed by atoms with Crippen LogP contribution < -0.4 is 11.1 Å². The third kappa shape index (κ3) is 3.34. The summed E-state index contributed by atoms with van der Waals surface area (Å²) >= 11 is 0. The van der Waals surface area contributed by atoms with Crippen molar-refractivity contribution in [2.24, 2.45) is 11.7 Å². The molecule has 2 atom stereocenters. The minimum Gasteiger partial charge on any atom is -0.375 e. The number of benzene rings is 1. The number of nitrogens with one attached hydrogen (secondary N) is 1. The van der Waals surface area contributed by atoms with Crippen molar-refractivity contribution in [1.29, 1.82) is 0 Å². The van der Waals surface area contributed by atoms with Crippen molar-refractivity contribution < 1.29 is 13.2 Å². The molecule has 7 nitrogen and oxygen atoms in total. The summed E-state index contributed by atoms with van der Waals surface area (Å²) in [5, 5.41) is 2.87. The van der Waals surface area contributed by atoms with Gasteiger partial charge in [-0.3, -0.25) is 4.79 Å². The minimum atomic E-state index is -3.63. The standard InChI is InChI=1S/C17H20N4O3S/c1-9-4-5-11-7-10(2)14(12(11)6-9)20-13-8-19-17(25(3,23)24)21-15(13)16(18)22/h4-6,8,10,14,20H,7H2,1-3H3,(H2,18,22)/t10-,14+/m0/s1. The molecule has 25 heavy (non-hydrogen) atoms. The Morgan fingerprint density at radius 3 is 2.72 bits per heavy atom. The number of amides is 1. The molecule has 1 amide bonds. The van der Waals surface area contributed by atoms with Crippen molar-refractivity contribution in [2.45, 2.75) is 31.5 Å². The monoisotopic (exact) mass is 360 g/mol. The number of rotatable bonds is 4. The zero-order chi connectivity index (χ0) is 18.4. The van der Waals surface area contributed by atoms with E-state index in [1.807, 2.05) is 6.92 Å². The van der Waals surface area contributed by atoms with Crippen molar-refractivity contribution in [3.63, 3.8) is 0 Å². The van der Waals surface area contributed by atoms with Crippen molar-refractivity contribution in [1.82, 2.24) is 9.97 Å². The van der Waals surface area contributed by atoms with E-state index >= 15 is 0 Å². The Morgan fingerprint density at radius 2 is 2.08 bits per heavy atom. The van der Waals surface area contributed by atoms with Crippen molar-refractivity contribution in [2.75, 3.05) is 11.6 Å². The van der Waals surface area contributed by atoms with Gasteiger partial charge >= 0.3 is 0 Å². The van der Waals surface area contributed by atoms with Crippen LogP contribution in [-0.2, 0) is 16.3 Å². The van der Waals surface area contributed by atoms with E-state index in [1.54, 1.807) is 0 Å². The van der Waals surface area contributed by atoms with E-state index in [9.17, 15) is 13.2 Å². The number of carbonyl (C=O) groups is 1. The highest BCUT2D eigenvalue weighted by Gasteiger charge is 2.30. The molecule has 0 spiro atoms. The molecule has 0 bridgehead atoms. The topological polar surface area (TPSA) is 115 Å². The maximum atomic E-state index is 11.8. The van der Waals surface area contributed by atoms with Crippen LogP contribution in [0.25, 0.3) is 0 Å². The highest BCUT2D eigenvalue weighted by Crippen LogP contribution is 2.39. The fourth-order valence-electron chi connectivity index (χ4n) is 3.19. The summed E-state index contributed by atoms with van der Waals surface area (Å²) in [6, 6.07) is 6.28. The Labute approximate surface area is 146 Å². The van der Waals surface area contributed by atoms with Gasteiger partial charge in [0.25, 0.3) is 5.91 Å². The number of nitrogens with zero attached hydrogens (tertiary/aromatic N) is 2. The Bertz CT molecular complexity index is 956. The van der Waals surface area contributed by atoms with Gasteiger partial charge in [0.1, 0.15) is 0 Å². The number of carbonyl (C=O) groups excluding carboxylic acids is 1. The lowest BCUT2D eigenvalue weighted by Gasteiger charge is -2.21. The molecule has 1 heterocycles. The molecule has 3 rings (SSSR count). The second kappa shape index (κ2) is 6.11. The third-order valence-corrected chi connectivity index (χ3v) is 5.25. The molecule has 1 aromatic heterocycles. The summed E-state index contributed by atoms with van der Waals surface area (Å²) in [6.07, 6.45) is 3.21. The van der Waals surface area contributed by atoms with Gasteiger partial charge in [-0.1, -0.05) is 30.7 Å². The minimum absolute atomic E-state index is 0.0271. The number of hydrogen-bond acceptors (Lipinski definition) is 6. The molecule has 0 aliphatic heterocycles. The van der Waals surface area contributed by atoms with Gasteiger partial charge in [-0.2, -0.15) is 0 Å². The normalized spacial score (nSPS) is 19.5. The largest absolute Gasteiger partial charge is 0.375 e. The number of hydrogen-bond donors (Lipinski definition) is 2. The maximum Gasteiger partial charge on any atom is 0.269 e. The summed E-state index contributed by atoms with van der Waals surface area (Å²) < 4.78 is 23.2. The predicted molar refractivity (Wildman–Crippen MR) is 94.1 cm³/mol. The number of nitrogens with two attached hydrogens (primary N) is 1. The summed E-state index contributed by atoms with van der Waals surface area (Å²) in [4.78, 5) is 19.5. The summed E-state index contributed by atoms with van der Waals surface area (Å²) in [5.74, 6) is -0.503. The first kappa shape index (κ1) is 17.3. The lowest BCUT2D eigenvalue weighted by Crippen LogP contribution is -2.22. The lowest BCUT2D eigenvalue weighted by molar-refractivity contribution is 0.0995. The first-order chi connectivity index (χ1) is 11.7. The Morgan fingerprint density at radius 1 is 1.36 bits per heavy atom. The maximum absolute atomic E-state index is 11.8. The second-order valence-electron chi connectivity index (χ2n) is 6.56. The van der Waals surface area contributed by atoms with Gasteiger partial charge in [0.05, 0.1) is 17.9 Å². The van der Waals surface area contributed by atoms with Crippen LogP contribution in [0.1, 0.15) is 40.1 Å². The Hall–Kier alpha value is -2.48. The summed E-state index contributed by atoms with van der Waals surface area (Å²) in [5.41, 5.74) is 9.18. The highest BCUT2D eigenvalue weighted by molar-refractivity contribution is 7.90. The Kier molecular flexibility index (Phi) is 4.24. The van der Waals surface area contributed by atoms with Crippen LogP contribution in [-0.4, -0.2) is 30.5 Å². The third-order valence-electron chi connectivity index (χ3n) is 4.39. The van der Waals surface area contributed by atoms with E-state index < -0.39 is 20.9 Å². The van der Waals surface area contributed by atoms with Crippen LogP contribution >= 0.6 is 0 Å². The van der Waals surface area contributed by atoms with E-state index in [2.05, 4.69) is 40.4 Å². The zero-order valence-corrected chi connectivity index (χ0v) is 15.1. The molecular weight excluding hydrogens is 340 g/mol. The van der Waals surface area contributed by atoms with Gasteiger partial charge in [0.15, 0.2) is 5.69 Å². The van der Waals surface area contributed by atoms with Crippen LogP contribution in [0.15, 0.2) is 29.6 Å². The average Bonchev–Trinajstić information content (AvgIpc) is 2.82. The van der Waals surface area contributed by atoms with Crippen LogP contribution in [0.2, 0.25) is 0 Å². The van der Waals surface area contributed by atoms with Crippen molar-refractivity contribution >= 4 is 21.4 Å². The van der Waals surface area contributed by atoms with Crippen LogP contribution in [0, 0.1) is 12.8 Å². The molecular formula is C17H20N4O3S. The van der Waals surface area contributed by atoms with E-state index in [1.165, 1.54) is 11.8 Å². The Balaban J connectivity index is 2.01. The van der Waals surface area contributed by atoms with E-state index in [4.69, 9.17) is 5.73 Å². The summed E-state index contributed by atoms with van der Waals surface area (Å²) in [7, 11) is -3.63. The number of aromatic nitrogens is 2. The van der Waals surface area contributed by atoms with E-state index in [0.29, 0.717) is 11.6 Å². The van der Waals surface area contributed by atoms with Crippen molar-refractivity contribution in [3.05, 3.63) is 46.8 Å². The fraction of sp³-hybridized carbons (Fsp3) is 0.353. The van der Waals surface area contributed by atoms with Crippen LogP contribution in [0.3, 0.4) is 0 Å². The van der Waals surface area contributed by atoms with Gasteiger partial charge in [0, 0.05) is 6.26 Å². The molecule has 3 N–H and O–H groups in total. The number of anilines is 1. The molecule has 1 aromatic carbocycles. The first-order valence-corrected chi connectivity index (χ1v) is 9.79. The molecule has 2 aromatic rings. The molecule has 8 heteroatoms. The molecule has 0 fully saturated rings. The lowest BCUT2D eigenvalue weighted by atomic mass is 10.0. The number of primary amides is 1. The number of sulfone groups is 1. The smallest absolute Gasteiger partial charge is 0.269 e. The number of aryl methyl sites for hydroxylation is 1. The molecule has 0 saturated heterocycles. The van der Waals surface area contributed by atoms with Crippen LogP contribution in [0.5, 0.6) is 0 Å². The SMILES string of the molecule is Cc1ccc2c(c1)[C@H](Nc1cnc(S(C)(=O)=O)nc1C(N)=O)[C@@H](C)C2. The number of fused-ring (bicyclic) bond motifs is 1. The van der Waals surface area contributed by atoms with Gasteiger partial charge in [-0.25, -0.2) is 18.4 Å². The fourth-order valence-corrected chi connectivity index (χ4v) is 3.69. The molecule has 1 aliphatic rings. The van der Waals surface area contributed by atoms with E-state index in [-0.39, 0.29) is 11.7 Å².